The van der Waals surface area contributed by atoms with E-state index in [9.17, 15) is 25.1 Å². The van der Waals surface area contributed by atoms with Gasteiger partial charge in [-0.3, -0.25) is 10.1 Å². The average molecular weight is 449 g/mol. The Hall–Kier alpha value is -3.82. The van der Waals surface area contributed by atoms with E-state index in [-0.39, 0.29) is 36.1 Å². The van der Waals surface area contributed by atoms with E-state index in [0.717, 1.165) is 22.3 Å². The minimum atomic E-state index is -1.43. The molecule has 1 aliphatic rings. The zero-order valence-corrected chi connectivity index (χ0v) is 17.8. The number of aliphatic hydroxyl groups excluding tert-OH is 2. The van der Waals surface area contributed by atoms with Gasteiger partial charge in [-0.05, 0) is 35.2 Å². The Balaban J connectivity index is 1.34. The van der Waals surface area contributed by atoms with Crippen LogP contribution in [0.5, 0.6) is 0 Å². The fourth-order valence-corrected chi connectivity index (χ4v) is 4.08. The van der Waals surface area contributed by atoms with Crippen LogP contribution < -0.4 is 5.32 Å². The molecule has 2 atom stereocenters. The summed E-state index contributed by atoms with van der Waals surface area (Å²) in [6, 6.07) is 18.4. The second-order valence-corrected chi connectivity index (χ2v) is 7.82. The standard InChI is InChI=1S/C24H23N3O6/c1-14-21(27(31)32)11-10-20(26-14)23(29)22(28)12-25-24(30)33-13-19-17-8-4-2-6-15(17)16-7-3-5-9-18(16)19/h2-11,19,22-23,28-29H,12-13H2,1H3,(H,25,30). The highest BCUT2D eigenvalue weighted by molar-refractivity contribution is 5.79. The Morgan fingerprint density at radius 1 is 1.09 bits per heavy atom. The lowest BCUT2D eigenvalue weighted by atomic mass is 9.98. The summed E-state index contributed by atoms with van der Waals surface area (Å²) in [5.41, 5.74) is 4.41. The molecule has 0 bridgehead atoms. The van der Waals surface area contributed by atoms with Crippen molar-refractivity contribution in [3.05, 3.63) is 93.3 Å². The zero-order valence-electron chi connectivity index (χ0n) is 17.8. The topological polar surface area (TPSA) is 135 Å². The molecule has 9 nitrogen and oxygen atoms in total. The fourth-order valence-electron chi connectivity index (χ4n) is 4.08. The number of pyridine rings is 1. The summed E-state index contributed by atoms with van der Waals surface area (Å²) in [6.07, 6.45) is -3.53. The van der Waals surface area contributed by atoms with Gasteiger partial charge in [0.25, 0.3) is 5.69 Å². The van der Waals surface area contributed by atoms with Crippen LogP contribution >= 0.6 is 0 Å². The van der Waals surface area contributed by atoms with Crippen LogP contribution in [0.1, 0.15) is 34.5 Å². The molecule has 1 amide bonds. The minimum absolute atomic E-state index is 0.0694. The van der Waals surface area contributed by atoms with E-state index in [1.54, 1.807) is 0 Å². The smallest absolute Gasteiger partial charge is 0.407 e. The first-order chi connectivity index (χ1) is 15.9. The van der Waals surface area contributed by atoms with Crippen molar-refractivity contribution in [3.8, 4) is 11.1 Å². The number of carbonyl (C=O) groups is 1. The fraction of sp³-hybridized carbons (Fsp3) is 0.250. The highest BCUT2D eigenvalue weighted by Crippen LogP contribution is 2.44. The van der Waals surface area contributed by atoms with Crippen molar-refractivity contribution in [1.82, 2.24) is 10.3 Å². The summed E-state index contributed by atoms with van der Waals surface area (Å²) in [7, 11) is 0. The van der Waals surface area contributed by atoms with E-state index in [0.29, 0.717) is 0 Å². The summed E-state index contributed by atoms with van der Waals surface area (Å²) < 4.78 is 5.40. The van der Waals surface area contributed by atoms with Gasteiger partial charge in [-0.2, -0.15) is 0 Å². The predicted molar refractivity (Wildman–Crippen MR) is 120 cm³/mol. The number of nitrogens with one attached hydrogen (secondary N) is 1. The Labute approximate surface area is 189 Å². The molecule has 4 rings (SSSR count). The SMILES string of the molecule is Cc1nc(C(O)C(O)CNC(=O)OCC2c3ccccc3-c3ccccc32)ccc1[N+](=O)[O-]. The number of nitro groups is 1. The second-order valence-electron chi connectivity index (χ2n) is 7.82. The maximum absolute atomic E-state index is 12.2. The number of alkyl carbamates (subject to hydrolysis) is 1. The molecule has 33 heavy (non-hydrogen) atoms. The van der Waals surface area contributed by atoms with Gasteiger partial charge in [-0.1, -0.05) is 48.5 Å². The van der Waals surface area contributed by atoms with Gasteiger partial charge in [0.2, 0.25) is 0 Å². The number of fused-ring (bicyclic) bond motifs is 3. The van der Waals surface area contributed by atoms with Crippen LogP contribution in [-0.4, -0.2) is 45.5 Å². The number of benzene rings is 2. The van der Waals surface area contributed by atoms with Crippen LogP contribution in [0.3, 0.4) is 0 Å². The number of hydrogen-bond acceptors (Lipinski definition) is 7. The van der Waals surface area contributed by atoms with Crippen molar-refractivity contribution in [2.75, 3.05) is 13.2 Å². The molecule has 0 radical (unpaired) electrons. The van der Waals surface area contributed by atoms with Crippen LogP contribution in [0.2, 0.25) is 0 Å². The second kappa shape index (κ2) is 9.35. The summed E-state index contributed by atoms with van der Waals surface area (Å²) in [5.74, 6) is -0.0917. The van der Waals surface area contributed by atoms with Gasteiger partial charge in [0.05, 0.1) is 10.6 Å². The maximum atomic E-state index is 12.2. The molecule has 2 unspecified atom stereocenters. The number of nitrogens with zero attached hydrogens (tertiary/aromatic N) is 2. The molecule has 1 aliphatic carbocycles. The number of aliphatic hydroxyl groups is 2. The molecule has 2 aromatic carbocycles. The normalized spacial score (nSPS) is 14.2. The average Bonchev–Trinajstić information content (AvgIpc) is 3.14. The molecule has 0 saturated carbocycles. The number of hydrogen-bond donors (Lipinski definition) is 3. The molecule has 0 fully saturated rings. The molecule has 0 aliphatic heterocycles. The zero-order chi connectivity index (χ0) is 23.5. The first-order valence-corrected chi connectivity index (χ1v) is 10.4. The van der Waals surface area contributed by atoms with Gasteiger partial charge < -0.3 is 20.3 Å². The lowest BCUT2D eigenvalue weighted by Crippen LogP contribution is -2.36. The molecule has 0 saturated heterocycles. The molecule has 3 aromatic rings. The van der Waals surface area contributed by atoms with Gasteiger partial charge in [-0.15, -0.1) is 0 Å². The van der Waals surface area contributed by atoms with Gasteiger partial charge in [0, 0.05) is 18.5 Å². The van der Waals surface area contributed by atoms with E-state index >= 15 is 0 Å². The summed E-state index contributed by atoms with van der Waals surface area (Å²) in [4.78, 5) is 26.5. The molecular formula is C24H23N3O6. The van der Waals surface area contributed by atoms with Gasteiger partial charge in [0.1, 0.15) is 24.5 Å². The van der Waals surface area contributed by atoms with Crippen molar-refractivity contribution < 1.29 is 24.7 Å². The van der Waals surface area contributed by atoms with Crippen molar-refractivity contribution in [2.24, 2.45) is 0 Å². The number of aryl methyl sites for hydroxylation is 1. The molecule has 1 aromatic heterocycles. The van der Waals surface area contributed by atoms with Crippen LogP contribution in [0.15, 0.2) is 60.7 Å². The van der Waals surface area contributed by atoms with Crippen LogP contribution in [-0.2, 0) is 4.74 Å². The highest BCUT2D eigenvalue weighted by Gasteiger charge is 2.29. The van der Waals surface area contributed by atoms with E-state index < -0.39 is 23.2 Å². The number of amides is 1. The van der Waals surface area contributed by atoms with E-state index in [4.69, 9.17) is 4.74 Å². The Morgan fingerprint density at radius 2 is 1.70 bits per heavy atom. The van der Waals surface area contributed by atoms with Crippen LogP contribution in [0, 0.1) is 17.0 Å². The summed E-state index contributed by atoms with van der Waals surface area (Å²) in [5, 5.41) is 33.9. The molecule has 3 N–H and O–H groups in total. The highest BCUT2D eigenvalue weighted by atomic mass is 16.6. The van der Waals surface area contributed by atoms with Crippen molar-refractivity contribution in [3.63, 3.8) is 0 Å². The number of carbonyl (C=O) groups excluding carboxylic acids is 1. The Bertz CT molecular complexity index is 1150. The van der Waals surface area contributed by atoms with E-state index in [1.807, 2.05) is 48.5 Å². The molecule has 1 heterocycles. The quantitative estimate of drug-likeness (QED) is 0.372. The first-order valence-electron chi connectivity index (χ1n) is 10.4. The monoisotopic (exact) mass is 449 g/mol. The lowest BCUT2D eigenvalue weighted by molar-refractivity contribution is -0.385. The van der Waals surface area contributed by atoms with E-state index in [1.165, 1.54) is 19.1 Å². The van der Waals surface area contributed by atoms with Gasteiger partial charge >= 0.3 is 6.09 Å². The predicted octanol–water partition coefficient (Wildman–Crippen LogP) is 3.23. The first kappa shape index (κ1) is 22.4. The summed E-state index contributed by atoms with van der Waals surface area (Å²) in [6.45, 7) is 1.28. The van der Waals surface area contributed by atoms with Crippen LogP contribution in [0.4, 0.5) is 10.5 Å². The van der Waals surface area contributed by atoms with Gasteiger partial charge in [0.15, 0.2) is 0 Å². The molecule has 0 spiro atoms. The summed E-state index contributed by atoms with van der Waals surface area (Å²) >= 11 is 0. The third-order valence-corrected chi connectivity index (χ3v) is 5.74. The lowest BCUT2D eigenvalue weighted by Gasteiger charge is -2.19. The molecule has 170 valence electrons. The Morgan fingerprint density at radius 3 is 2.27 bits per heavy atom. The van der Waals surface area contributed by atoms with Crippen molar-refractivity contribution in [2.45, 2.75) is 25.0 Å². The minimum Gasteiger partial charge on any atom is -0.449 e. The number of ether oxygens (including phenoxy) is 1. The third kappa shape index (κ3) is 4.55. The number of aromatic nitrogens is 1. The van der Waals surface area contributed by atoms with Gasteiger partial charge in [-0.25, -0.2) is 9.78 Å². The maximum Gasteiger partial charge on any atom is 0.407 e. The van der Waals surface area contributed by atoms with E-state index in [2.05, 4.69) is 10.3 Å². The number of rotatable bonds is 7. The van der Waals surface area contributed by atoms with Crippen LogP contribution in [0.25, 0.3) is 11.1 Å². The largest absolute Gasteiger partial charge is 0.449 e. The third-order valence-electron chi connectivity index (χ3n) is 5.74. The van der Waals surface area contributed by atoms with Crippen molar-refractivity contribution in [1.29, 1.82) is 0 Å². The Kier molecular flexibility index (Phi) is 6.34. The van der Waals surface area contributed by atoms with Crippen molar-refractivity contribution >= 4 is 11.8 Å². The molecule has 9 heteroatoms. The molecular weight excluding hydrogens is 426 g/mol.